The summed E-state index contributed by atoms with van der Waals surface area (Å²) in [7, 11) is 0. The molecule has 0 aromatic heterocycles. The van der Waals surface area contributed by atoms with Gasteiger partial charge in [0.2, 0.25) is 11.8 Å². The van der Waals surface area contributed by atoms with Gasteiger partial charge >= 0.3 is 0 Å². The minimum atomic E-state index is -0.462. The Labute approximate surface area is 164 Å². The van der Waals surface area contributed by atoms with Crippen LogP contribution >= 0.6 is 11.6 Å². The van der Waals surface area contributed by atoms with Crippen molar-refractivity contribution in [3.63, 3.8) is 0 Å². The van der Waals surface area contributed by atoms with E-state index in [1.807, 2.05) is 12.1 Å². The number of hydrogen-bond donors (Lipinski definition) is 3. The topological polar surface area (TPSA) is 87.7 Å². The van der Waals surface area contributed by atoms with E-state index in [2.05, 4.69) is 10.6 Å². The smallest absolute Gasteiger partial charge is 0.222 e. The van der Waals surface area contributed by atoms with Crippen molar-refractivity contribution < 1.29 is 19.4 Å². The van der Waals surface area contributed by atoms with Gasteiger partial charge in [0.1, 0.15) is 6.10 Å². The molecule has 1 aliphatic carbocycles. The van der Waals surface area contributed by atoms with Crippen LogP contribution in [0.5, 0.6) is 0 Å². The summed E-state index contributed by atoms with van der Waals surface area (Å²) < 4.78 is 5.87. The van der Waals surface area contributed by atoms with Crippen LogP contribution in [-0.4, -0.2) is 41.8 Å². The van der Waals surface area contributed by atoms with E-state index in [1.54, 1.807) is 12.1 Å². The van der Waals surface area contributed by atoms with Crippen LogP contribution in [0, 0.1) is 5.92 Å². The third-order valence-corrected chi connectivity index (χ3v) is 5.38. The first-order chi connectivity index (χ1) is 13.0. The molecule has 0 spiro atoms. The van der Waals surface area contributed by atoms with Crippen LogP contribution in [-0.2, 0) is 20.9 Å². The van der Waals surface area contributed by atoms with Gasteiger partial charge in [-0.15, -0.1) is 0 Å². The van der Waals surface area contributed by atoms with E-state index in [4.69, 9.17) is 16.3 Å². The average Bonchev–Trinajstić information content (AvgIpc) is 3.46. The van der Waals surface area contributed by atoms with Gasteiger partial charge in [-0.05, 0) is 49.3 Å². The molecule has 3 rings (SSSR count). The van der Waals surface area contributed by atoms with E-state index < -0.39 is 6.10 Å². The van der Waals surface area contributed by atoms with E-state index in [1.165, 1.54) is 0 Å². The summed E-state index contributed by atoms with van der Waals surface area (Å²) in [4.78, 5) is 24.2. The lowest BCUT2D eigenvalue weighted by molar-refractivity contribution is -0.136. The summed E-state index contributed by atoms with van der Waals surface area (Å²) in [6.07, 6.45) is 3.74. The highest BCUT2D eigenvalue weighted by atomic mass is 35.5. The number of aliphatic hydroxyl groups is 1. The predicted molar refractivity (Wildman–Crippen MR) is 102 cm³/mol. The van der Waals surface area contributed by atoms with Gasteiger partial charge in [0, 0.05) is 18.0 Å². The van der Waals surface area contributed by atoms with Crippen LogP contribution in [0.4, 0.5) is 0 Å². The fourth-order valence-corrected chi connectivity index (χ4v) is 3.50. The van der Waals surface area contributed by atoms with Crippen molar-refractivity contribution in [2.75, 3.05) is 6.61 Å². The first-order valence-corrected chi connectivity index (χ1v) is 9.98. The third kappa shape index (κ3) is 6.48. The summed E-state index contributed by atoms with van der Waals surface area (Å²) in [5, 5.41) is 16.1. The molecule has 1 saturated carbocycles. The minimum absolute atomic E-state index is 0.0312. The molecule has 3 N–H and O–H groups in total. The van der Waals surface area contributed by atoms with E-state index >= 15 is 0 Å². The molecule has 1 heterocycles. The molecule has 0 radical (unpaired) electrons. The Hall–Kier alpha value is -1.63. The van der Waals surface area contributed by atoms with Crippen molar-refractivity contribution in [1.82, 2.24) is 10.6 Å². The van der Waals surface area contributed by atoms with Gasteiger partial charge in [-0.3, -0.25) is 9.59 Å². The molecule has 7 heteroatoms. The summed E-state index contributed by atoms with van der Waals surface area (Å²) in [5.74, 6) is 0.464. The average molecular weight is 395 g/mol. The maximum atomic E-state index is 12.2. The molecule has 2 fully saturated rings. The number of aliphatic hydroxyl groups excluding tert-OH is 1. The van der Waals surface area contributed by atoms with Crippen LogP contribution in [0.1, 0.15) is 44.1 Å². The molecule has 27 heavy (non-hydrogen) atoms. The number of carbonyl (C=O) groups is 2. The lowest BCUT2D eigenvalue weighted by atomic mass is 9.96. The molecule has 1 aromatic rings. The van der Waals surface area contributed by atoms with Gasteiger partial charge < -0.3 is 20.5 Å². The molecule has 2 amide bonds. The second-order valence-electron chi connectivity index (χ2n) is 7.49. The lowest BCUT2D eigenvalue weighted by Gasteiger charge is -2.36. The number of nitrogens with one attached hydrogen (secondary N) is 2. The van der Waals surface area contributed by atoms with Gasteiger partial charge in [-0.1, -0.05) is 23.7 Å². The summed E-state index contributed by atoms with van der Waals surface area (Å²) in [5.41, 5.74) is 0.976. The van der Waals surface area contributed by atoms with Gasteiger partial charge in [0.25, 0.3) is 0 Å². The number of benzene rings is 1. The van der Waals surface area contributed by atoms with Crippen molar-refractivity contribution in [2.45, 2.75) is 63.3 Å². The Kier molecular flexibility index (Phi) is 7.10. The van der Waals surface area contributed by atoms with Crippen LogP contribution in [0.15, 0.2) is 24.3 Å². The van der Waals surface area contributed by atoms with Gasteiger partial charge in [0.15, 0.2) is 0 Å². The second-order valence-corrected chi connectivity index (χ2v) is 7.92. The highest BCUT2D eigenvalue weighted by molar-refractivity contribution is 6.30. The maximum absolute atomic E-state index is 12.2. The largest absolute Gasteiger partial charge is 0.394 e. The molecule has 148 valence electrons. The zero-order valence-corrected chi connectivity index (χ0v) is 16.1. The molecule has 1 saturated heterocycles. The first kappa shape index (κ1) is 20.1. The van der Waals surface area contributed by atoms with Crippen LogP contribution in [0.2, 0.25) is 5.02 Å². The van der Waals surface area contributed by atoms with E-state index in [9.17, 15) is 14.7 Å². The molecular formula is C20H27ClN2O4. The summed E-state index contributed by atoms with van der Waals surface area (Å²) in [6, 6.07) is 7.13. The lowest BCUT2D eigenvalue weighted by Crippen LogP contribution is -2.51. The van der Waals surface area contributed by atoms with E-state index in [-0.39, 0.29) is 37.0 Å². The molecule has 2 aliphatic rings. The Balaban J connectivity index is 1.40. The Morgan fingerprint density at radius 3 is 2.48 bits per heavy atom. The number of ether oxygens (including phenoxy) is 1. The SMILES string of the molecule is O=C(C[C@H]1CC[C@@H](NC(=O)CC2CC2)[C@H](CO)O1)NCc1ccc(Cl)cc1. The molecule has 3 atom stereocenters. The molecule has 0 unspecified atom stereocenters. The number of carbonyl (C=O) groups excluding carboxylic acids is 2. The molecule has 0 bridgehead atoms. The van der Waals surface area contributed by atoms with Crippen molar-refractivity contribution in [2.24, 2.45) is 5.92 Å². The van der Waals surface area contributed by atoms with Gasteiger partial charge in [-0.25, -0.2) is 0 Å². The minimum Gasteiger partial charge on any atom is -0.394 e. The Bertz CT molecular complexity index is 648. The second kappa shape index (κ2) is 9.53. The quantitative estimate of drug-likeness (QED) is 0.630. The zero-order chi connectivity index (χ0) is 19.2. The number of hydrogen-bond acceptors (Lipinski definition) is 4. The Morgan fingerprint density at radius 1 is 1.07 bits per heavy atom. The van der Waals surface area contributed by atoms with Gasteiger partial charge in [0.05, 0.1) is 25.2 Å². The van der Waals surface area contributed by atoms with E-state index in [0.717, 1.165) is 18.4 Å². The van der Waals surface area contributed by atoms with Crippen molar-refractivity contribution in [1.29, 1.82) is 0 Å². The third-order valence-electron chi connectivity index (χ3n) is 5.13. The predicted octanol–water partition coefficient (Wildman–Crippen LogP) is 2.17. The van der Waals surface area contributed by atoms with Crippen LogP contribution in [0.3, 0.4) is 0 Å². The highest BCUT2D eigenvalue weighted by Crippen LogP contribution is 2.32. The first-order valence-electron chi connectivity index (χ1n) is 9.60. The van der Waals surface area contributed by atoms with Crippen LogP contribution in [0.25, 0.3) is 0 Å². The zero-order valence-electron chi connectivity index (χ0n) is 15.3. The van der Waals surface area contributed by atoms with Crippen molar-refractivity contribution >= 4 is 23.4 Å². The number of halogens is 1. The Morgan fingerprint density at radius 2 is 1.81 bits per heavy atom. The van der Waals surface area contributed by atoms with Crippen LogP contribution < -0.4 is 10.6 Å². The molecular weight excluding hydrogens is 368 g/mol. The maximum Gasteiger partial charge on any atom is 0.222 e. The number of rotatable bonds is 8. The number of amides is 2. The normalized spacial score (nSPS) is 25.0. The molecule has 6 nitrogen and oxygen atoms in total. The molecule has 1 aliphatic heterocycles. The molecule has 1 aromatic carbocycles. The van der Waals surface area contributed by atoms with Gasteiger partial charge in [-0.2, -0.15) is 0 Å². The highest BCUT2D eigenvalue weighted by Gasteiger charge is 2.34. The summed E-state index contributed by atoms with van der Waals surface area (Å²) >= 11 is 5.85. The standard InChI is InChI=1S/C20H27ClN2O4/c21-15-5-3-14(4-6-15)11-22-19(25)10-16-7-8-17(18(12-24)27-16)23-20(26)9-13-1-2-13/h3-6,13,16-18,24H,1-2,7-12H2,(H,22,25)(H,23,26)/t16-,17-,18+/m1/s1. The monoisotopic (exact) mass is 394 g/mol. The summed E-state index contributed by atoms with van der Waals surface area (Å²) in [6.45, 7) is 0.267. The fraction of sp³-hybridized carbons (Fsp3) is 0.600. The van der Waals surface area contributed by atoms with Crippen molar-refractivity contribution in [3.05, 3.63) is 34.9 Å². The van der Waals surface area contributed by atoms with Crippen molar-refractivity contribution in [3.8, 4) is 0 Å². The van der Waals surface area contributed by atoms with E-state index in [0.29, 0.717) is 36.7 Å². The fourth-order valence-electron chi connectivity index (χ4n) is 3.38.